The molecule has 0 radical (unpaired) electrons. The fourth-order valence-electron chi connectivity index (χ4n) is 3.57. The van der Waals surface area contributed by atoms with Crippen molar-refractivity contribution in [2.24, 2.45) is 5.16 Å². The smallest absolute Gasteiger partial charge is 0.252 e. The predicted octanol–water partition coefficient (Wildman–Crippen LogP) is 3.86. The molecule has 7 heteroatoms. The van der Waals surface area contributed by atoms with Crippen LogP contribution in [0.5, 0.6) is 0 Å². The summed E-state index contributed by atoms with van der Waals surface area (Å²) in [6.45, 7) is 0.372. The van der Waals surface area contributed by atoms with Gasteiger partial charge in [-0.15, -0.1) is 0 Å². The molecular weight excluding hydrogens is 402 g/mol. The van der Waals surface area contributed by atoms with Crippen LogP contribution >= 0.6 is 0 Å². The van der Waals surface area contributed by atoms with E-state index in [2.05, 4.69) is 56.8 Å². The highest BCUT2D eigenvalue weighted by Crippen LogP contribution is 2.22. The summed E-state index contributed by atoms with van der Waals surface area (Å²) in [5, 5.41) is 7.13. The average molecular weight is 423 g/mol. The SMILES string of the molecule is O=C(NC[C@H]1CC(c2ccc(-c3ccccc3)cc2)=NO1)c1ccc(-n2ccnc2)nc1. The highest BCUT2D eigenvalue weighted by Gasteiger charge is 2.23. The standard InChI is InChI=1S/C25H21N5O2/c31-25(21-10-11-24(27-15-21)30-13-12-26-17-30)28-16-22-14-23(29-32-22)20-8-6-19(7-9-20)18-4-2-1-3-5-18/h1-13,15,17,22H,14,16H2,(H,28,31)/t22-/m1/s1. The number of carbonyl (C=O) groups excluding carboxylic acids is 1. The van der Waals surface area contributed by atoms with Gasteiger partial charge in [0.05, 0.1) is 17.8 Å². The Hall–Kier alpha value is -4.26. The number of nitrogens with one attached hydrogen (secondary N) is 1. The van der Waals surface area contributed by atoms with E-state index < -0.39 is 0 Å². The molecule has 0 fully saturated rings. The predicted molar refractivity (Wildman–Crippen MR) is 122 cm³/mol. The van der Waals surface area contributed by atoms with E-state index in [0.29, 0.717) is 24.3 Å². The van der Waals surface area contributed by atoms with E-state index in [4.69, 9.17) is 4.84 Å². The topological polar surface area (TPSA) is 81.4 Å². The van der Waals surface area contributed by atoms with Gasteiger partial charge < -0.3 is 10.2 Å². The molecule has 5 rings (SSSR count). The van der Waals surface area contributed by atoms with Crippen molar-refractivity contribution >= 4 is 11.6 Å². The number of oxime groups is 1. The summed E-state index contributed by atoms with van der Waals surface area (Å²) in [5.74, 6) is 0.508. The summed E-state index contributed by atoms with van der Waals surface area (Å²) >= 11 is 0. The molecule has 32 heavy (non-hydrogen) atoms. The van der Waals surface area contributed by atoms with Crippen LogP contribution in [0.3, 0.4) is 0 Å². The Balaban J connectivity index is 1.14. The lowest BCUT2D eigenvalue weighted by Gasteiger charge is -2.10. The Bertz CT molecular complexity index is 1220. The zero-order chi connectivity index (χ0) is 21.8. The van der Waals surface area contributed by atoms with E-state index in [1.807, 2.05) is 18.2 Å². The zero-order valence-corrected chi connectivity index (χ0v) is 17.3. The molecule has 2 aromatic carbocycles. The first-order valence-corrected chi connectivity index (χ1v) is 10.4. The van der Waals surface area contributed by atoms with Gasteiger partial charge in [0.2, 0.25) is 0 Å². The number of benzene rings is 2. The van der Waals surface area contributed by atoms with Crippen LogP contribution in [0.25, 0.3) is 16.9 Å². The van der Waals surface area contributed by atoms with E-state index in [1.165, 1.54) is 5.56 Å². The molecule has 1 atom stereocenters. The summed E-state index contributed by atoms with van der Waals surface area (Å²) in [7, 11) is 0. The number of aromatic nitrogens is 3. The zero-order valence-electron chi connectivity index (χ0n) is 17.3. The Morgan fingerprint density at radius 2 is 1.78 bits per heavy atom. The van der Waals surface area contributed by atoms with E-state index in [1.54, 1.807) is 41.6 Å². The number of carbonyl (C=O) groups is 1. The molecule has 7 nitrogen and oxygen atoms in total. The summed E-state index contributed by atoms with van der Waals surface area (Å²) < 4.78 is 1.78. The summed E-state index contributed by atoms with van der Waals surface area (Å²) in [6, 6.07) is 22.0. The minimum absolute atomic E-state index is 0.194. The van der Waals surface area contributed by atoms with E-state index in [-0.39, 0.29) is 12.0 Å². The highest BCUT2D eigenvalue weighted by atomic mass is 16.6. The number of nitrogens with zero attached hydrogens (tertiary/aromatic N) is 4. The van der Waals surface area contributed by atoms with Gasteiger partial charge in [-0.1, -0.05) is 59.8 Å². The third-order valence-electron chi connectivity index (χ3n) is 5.33. The molecule has 0 saturated carbocycles. The molecule has 0 unspecified atom stereocenters. The second-order valence-electron chi connectivity index (χ2n) is 7.50. The maximum absolute atomic E-state index is 12.5. The number of imidazole rings is 1. The van der Waals surface area contributed by atoms with Crippen molar-refractivity contribution in [1.29, 1.82) is 0 Å². The highest BCUT2D eigenvalue weighted by molar-refractivity contribution is 6.01. The number of hydrogen-bond donors (Lipinski definition) is 1. The summed E-state index contributed by atoms with van der Waals surface area (Å²) in [4.78, 5) is 26.3. The van der Waals surface area contributed by atoms with Crippen LogP contribution < -0.4 is 5.32 Å². The first-order valence-electron chi connectivity index (χ1n) is 10.4. The fraction of sp³-hybridized carbons (Fsp3) is 0.120. The molecule has 1 aliphatic heterocycles. The number of rotatable bonds is 6. The van der Waals surface area contributed by atoms with Crippen LogP contribution in [0, 0.1) is 0 Å². The van der Waals surface area contributed by atoms with Crippen molar-refractivity contribution in [2.45, 2.75) is 12.5 Å². The van der Waals surface area contributed by atoms with Crippen LogP contribution in [0.15, 0.2) is 96.8 Å². The third kappa shape index (κ3) is 4.27. The molecule has 1 N–H and O–H groups in total. The van der Waals surface area contributed by atoms with Crippen molar-refractivity contribution in [3.05, 3.63) is 103 Å². The van der Waals surface area contributed by atoms with Crippen LogP contribution in [0.4, 0.5) is 0 Å². The molecule has 0 bridgehead atoms. The summed E-state index contributed by atoms with van der Waals surface area (Å²) in [5.41, 5.74) is 4.74. The normalized spacial score (nSPS) is 15.1. The molecule has 158 valence electrons. The van der Waals surface area contributed by atoms with E-state index in [9.17, 15) is 4.79 Å². The minimum atomic E-state index is -0.195. The Kier molecular flexibility index (Phi) is 5.45. The van der Waals surface area contributed by atoms with Crippen molar-refractivity contribution in [3.8, 4) is 16.9 Å². The molecule has 0 saturated heterocycles. The lowest BCUT2D eigenvalue weighted by atomic mass is 10.00. The lowest BCUT2D eigenvalue weighted by molar-refractivity contribution is 0.0753. The van der Waals surface area contributed by atoms with Gasteiger partial charge in [0, 0.05) is 25.0 Å². The molecule has 1 amide bonds. The first-order chi connectivity index (χ1) is 15.8. The maximum Gasteiger partial charge on any atom is 0.252 e. The molecule has 0 aliphatic carbocycles. The Morgan fingerprint density at radius 1 is 1.00 bits per heavy atom. The second kappa shape index (κ2) is 8.85. The second-order valence-corrected chi connectivity index (χ2v) is 7.50. The van der Waals surface area contributed by atoms with Crippen LogP contribution in [-0.2, 0) is 4.84 Å². The Morgan fingerprint density at radius 3 is 2.50 bits per heavy atom. The van der Waals surface area contributed by atoms with Gasteiger partial charge in [-0.05, 0) is 28.8 Å². The Labute approximate surface area is 185 Å². The van der Waals surface area contributed by atoms with Crippen LogP contribution in [0.2, 0.25) is 0 Å². The first kappa shape index (κ1) is 19.7. The van der Waals surface area contributed by atoms with Crippen molar-refractivity contribution < 1.29 is 9.63 Å². The maximum atomic E-state index is 12.5. The molecule has 2 aromatic heterocycles. The molecule has 4 aromatic rings. The molecule has 1 aliphatic rings. The average Bonchev–Trinajstić information content (AvgIpc) is 3.56. The molecule has 0 spiro atoms. The molecular formula is C25H21N5O2. The van der Waals surface area contributed by atoms with Crippen molar-refractivity contribution in [3.63, 3.8) is 0 Å². The molecule has 3 heterocycles. The fourth-order valence-corrected chi connectivity index (χ4v) is 3.57. The monoisotopic (exact) mass is 423 g/mol. The summed E-state index contributed by atoms with van der Waals surface area (Å²) in [6.07, 6.45) is 7.14. The van der Waals surface area contributed by atoms with Gasteiger partial charge in [0.1, 0.15) is 18.2 Å². The van der Waals surface area contributed by atoms with Crippen molar-refractivity contribution in [2.75, 3.05) is 6.54 Å². The van der Waals surface area contributed by atoms with Gasteiger partial charge in [-0.2, -0.15) is 0 Å². The largest absolute Gasteiger partial charge is 0.390 e. The number of amides is 1. The number of pyridine rings is 1. The lowest BCUT2D eigenvalue weighted by Crippen LogP contribution is -2.32. The number of hydrogen-bond acceptors (Lipinski definition) is 5. The third-order valence-corrected chi connectivity index (χ3v) is 5.33. The van der Waals surface area contributed by atoms with Gasteiger partial charge in [-0.25, -0.2) is 9.97 Å². The van der Waals surface area contributed by atoms with E-state index >= 15 is 0 Å². The van der Waals surface area contributed by atoms with E-state index in [0.717, 1.165) is 16.8 Å². The van der Waals surface area contributed by atoms with Gasteiger partial charge in [-0.3, -0.25) is 9.36 Å². The minimum Gasteiger partial charge on any atom is -0.390 e. The quantitative estimate of drug-likeness (QED) is 0.511. The van der Waals surface area contributed by atoms with Gasteiger partial charge >= 0.3 is 0 Å². The van der Waals surface area contributed by atoms with Crippen LogP contribution in [-0.4, -0.2) is 38.8 Å². The van der Waals surface area contributed by atoms with Crippen molar-refractivity contribution in [1.82, 2.24) is 19.9 Å². The van der Waals surface area contributed by atoms with Gasteiger partial charge in [0.25, 0.3) is 5.91 Å². The van der Waals surface area contributed by atoms with Gasteiger partial charge in [0.15, 0.2) is 0 Å². The van der Waals surface area contributed by atoms with Crippen LogP contribution in [0.1, 0.15) is 22.3 Å².